The molecule has 108 valence electrons. The summed E-state index contributed by atoms with van der Waals surface area (Å²) in [6.45, 7) is 2.08. The third kappa shape index (κ3) is 1.68. The van der Waals surface area contributed by atoms with E-state index in [1.54, 1.807) is 0 Å². The summed E-state index contributed by atoms with van der Waals surface area (Å²) in [5.41, 5.74) is 8.65. The smallest absolute Gasteiger partial charge is 0.152 e. The SMILES string of the molecule is Cc1ccnc(N(C)C23CC4CC(CC(C4)C2)C3)c1N. The van der Waals surface area contributed by atoms with Gasteiger partial charge in [0.15, 0.2) is 5.82 Å². The van der Waals surface area contributed by atoms with Crippen molar-refractivity contribution in [1.82, 2.24) is 4.98 Å². The summed E-state index contributed by atoms with van der Waals surface area (Å²) >= 11 is 0. The first-order valence-electron chi connectivity index (χ1n) is 8.02. The number of nitrogens with two attached hydrogens (primary N) is 1. The lowest BCUT2D eigenvalue weighted by Gasteiger charge is -2.60. The Morgan fingerprint density at radius 1 is 1.15 bits per heavy atom. The Kier molecular flexibility index (Phi) is 2.57. The van der Waals surface area contributed by atoms with Crippen LogP contribution in [-0.4, -0.2) is 17.6 Å². The van der Waals surface area contributed by atoms with Crippen molar-refractivity contribution in [3.05, 3.63) is 17.8 Å². The zero-order chi connectivity index (χ0) is 13.9. The fourth-order valence-corrected chi connectivity index (χ4v) is 5.52. The zero-order valence-electron chi connectivity index (χ0n) is 12.6. The van der Waals surface area contributed by atoms with Crippen LogP contribution in [0.4, 0.5) is 11.5 Å². The highest BCUT2D eigenvalue weighted by Gasteiger charge is 2.53. The Morgan fingerprint density at radius 3 is 2.25 bits per heavy atom. The fourth-order valence-electron chi connectivity index (χ4n) is 5.52. The van der Waals surface area contributed by atoms with Gasteiger partial charge in [0.05, 0.1) is 5.69 Å². The molecule has 1 heterocycles. The van der Waals surface area contributed by atoms with Gasteiger partial charge >= 0.3 is 0 Å². The number of aromatic nitrogens is 1. The standard InChI is InChI=1S/C17H25N3/c1-11-3-4-19-16(15(11)18)20(2)17-8-12-5-13(9-17)7-14(6-12)10-17/h3-4,12-14H,5-10,18H2,1-2H3. The van der Waals surface area contributed by atoms with Crippen LogP contribution in [-0.2, 0) is 0 Å². The van der Waals surface area contributed by atoms with Crippen LogP contribution in [0, 0.1) is 24.7 Å². The number of pyridine rings is 1. The van der Waals surface area contributed by atoms with Crippen molar-refractivity contribution in [3.8, 4) is 0 Å². The lowest BCUT2D eigenvalue weighted by molar-refractivity contribution is -0.00224. The maximum Gasteiger partial charge on any atom is 0.152 e. The lowest BCUT2D eigenvalue weighted by atomic mass is 9.52. The number of hydrogen-bond donors (Lipinski definition) is 1. The van der Waals surface area contributed by atoms with Crippen LogP contribution < -0.4 is 10.6 Å². The Morgan fingerprint density at radius 2 is 1.70 bits per heavy atom. The second kappa shape index (κ2) is 4.12. The van der Waals surface area contributed by atoms with Crippen LogP contribution in [0.5, 0.6) is 0 Å². The second-order valence-corrected chi connectivity index (χ2v) is 7.57. The predicted octanol–water partition coefficient (Wildman–Crippen LogP) is 3.38. The highest BCUT2D eigenvalue weighted by Crippen LogP contribution is 2.58. The molecule has 0 aromatic carbocycles. The molecule has 0 spiro atoms. The van der Waals surface area contributed by atoms with Crippen LogP contribution in [0.25, 0.3) is 0 Å². The molecule has 0 unspecified atom stereocenters. The molecule has 1 aromatic heterocycles. The first kappa shape index (κ1) is 12.5. The monoisotopic (exact) mass is 271 g/mol. The van der Waals surface area contributed by atoms with Crippen molar-refractivity contribution in [2.45, 2.75) is 51.0 Å². The summed E-state index contributed by atoms with van der Waals surface area (Å²) in [7, 11) is 2.23. The number of nitrogens with zero attached hydrogens (tertiary/aromatic N) is 2. The van der Waals surface area contributed by atoms with Gasteiger partial charge in [-0.2, -0.15) is 0 Å². The molecule has 3 heteroatoms. The van der Waals surface area contributed by atoms with Crippen molar-refractivity contribution in [2.24, 2.45) is 17.8 Å². The van der Waals surface area contributed by atoms with E-state index in [1.165, 1.54) is 38.5 Å². The van der Waals surface area contributed by atoms with Crippen LogP contribution in [0.2, 0.25) is 0 Å². The van der Waals surface area contributed by atoms with Gasteiger partial charge in [0.2, 0.25) is 0 Å². The molecule has 20 heavy (non-hydrogen) atoms. The molecule has 5 rings (SSSR count). The van der Waals surface area contributed by atoms with Gasteiger partial charge < -0.3 is 10.6 Å². The van der Waals surface area contributed by atoms with Crippen molar-refractivity contribution in [2.75, 3.05) is 17.7 Å². The van der Waals surface area contributed by atoms with Crippen LogP contribution in [0.1, 0.15) is 44.1 Å². The minimum atomic E-state index is 0.337. The molecule has 4 aliphatic rings. The first-order valence-corrected chi connectivity index (χ1v) is 8.02. The van der Waals surface area contributed by atoms with Crippen LogP contribution in [0.3, 0.4) is 0 Å². The molecular formula is C17H25N3. The molecule has 0 aliphatic heterocycles. The van der Waals surface area contributed by atoms with Crippen LogP contribution >= 0.6 is 0 Å². The molecule has 1 aromatic rings. The average Bonchev–Trinajstić information content (AvgIpc) is 2.39. The minimum absolute atomic E-state index is 0.337. The van der Waals surface area contributed by atoms with E-state index in [-0.39, 0.29) is 0 Å². The summed E-state index contributed by atoms with van der Waals surface area (Å²) in [6.07, 6.45) is 10.4. The van der Waals surface area contributed by atoms with E-state index >= 15 is 0 Å². The average molecular weight is 271 g/mol. The van der Waals surface area contributed by atoms with Gasteiger partial charge in [-0.05, 0) is 74.8 Å². The molecule has 4 saturated carbocycles. The van der Waals surface area contributed by atoms with E-state index in [1.807, 2.05) is 12.3 Å². The molecule has 0 radical (unpaired) electrons. The maximum atomic E-state index is 6.30. The molecule has 4 aliphatic carbocycles. The lowest BCUT2D eigenvalue weighted by Crippen LogP contribution is -2.59. The van der Waals surface area contributed by atoms with Crippen molar-refractivity contribution >= 4 is 11.5 Å². The van der Waals surface area contributed by atoms with Crippen LogP contribution in [0.15, 0.2) is 12.3 Å². The molecule has 4 fully saturated rings. The predicted molar refractivity (Wildman–Crippen MR) is 82.7 cm³/mol. The molecule has 4 bridgehead atoms. The summed E-state index contributed by atoms with van der Waals surface area (Å²) in [4.78, 5) is 7.04. The number of nitrogen functional groups attached to an aromatic ring is 1. The van der Waals surface area contributed by atoms with Gasteiger partial charge in [0, 0.05) is 18.8 Å². The summed E-state index contributed by atoms with van der Waals surface area (Å²) < 4.78 is 0. The van der Waals surface area contributed by atoms with Crippen molar-refractivity contribution < 1.29 is 0 Å². The van der Waals surface area contributed by atoms with Gasteiger partial charge in [0.25, 0.3) is 0 Å². The van der Waals surface area contributed by atoms with Crippen molar-refractivity contribution in [1.29, 1.82) is 0 Å². The van der Waals surface area contributed by atoms with Gasteiger partial charge in [-0.25, -0.2) is 4.98 Å². The minimum Gasteiger partial charge on any atom is -0.396 e. The second-order valence-electron chi connectivity index (χ2n) is 7.57. The van der Waals surface area contributed by atoms with E-state index in [4.69, 9.17) is 5.73 Å². The Labute approximate surface area is 121 Å². The summed E-state index contributed by atoms with van der Waals surface area (Å²) in [6, 6.07) is 2.01. The highest BCUT2D eigenvalue weighted by molar-refractivity contribution is 5.67. The third-order valence-corrected chi connectivity index (χ3v) is 6.22. The molecule has 0 saturated heterocycles. The number of anilines is 2. The zero-order valence-corrected chi connectivity index (χ0v) is 12.6. The molecule has 0 amide bonds. The van der Waals surface area contributed by atoms with E-state index in [0.29, 0.717) is 5.54 Å². The van der Waals surface area contributed by atoms with Gasteiger partial charge in [-0.15, -0.1) is 0 Å². The Bertz CT molecular complexity index is 502. The molecule has 3 nitrogen and oxygen atoms in total. The van der Waals surface area contributed by atoms with E-state index in [9.17, 15) is 0 Å². The normalized spacial score (nSPS) is 38.2. The topological polar surface area (TPSA) is 42.2 Å². The first-order chi connectivity index (χ1) is 9.57. The molecule has 0 atom stereocenters. The fraction of sp³-hybridized carbons (Fsp3) is 0.706. The quantitative estimate of drug-likeness (QED) is 0.896. The molecule has 2 N–H and O–H groups in total. The van der Waals surface area contributed by atoms with E-state index < -0.39 is 0 Å². The van der Waals surface area contributed by atoms with Crippen molar-refractivity contribution in [3.63, 3.8) is 0 Å². The Hall–Kier alpha value is -1.25. The van der Waals surface area contributed by atoms with Gasteiger partial charge in [0.1, 0.15) is 0 Å². The Balaban J connectivity index is 1.71. The van der Waals surface area contributed by atoms with Gasteiger partial charge in [-0.1, -0.05) is 0 Å². The number of aryl methyl sites for hydroxylation is 1. The summed E-state index contributed by atoms with van der Waals surface area (Å²) in [5.74, 6) is 3.87. The highest BCUT2D eigenvalue weighted by atomic mass is 15.2. The van der Waals surface area contributed by atoms with E-state index in [0.717, 1.165) is 34.8 Å². The number of rotatable bonds is 2. The maximum absolute atomic E-state index is 6.30. The van der Waals surface area contributed by atoms with Gasteiger partial charge in [-0.3, -0.25) is 0 Å². The number of hydrogen-bond acceptors (Lipinski definition) is 3. The molecular weight excluding hydrogens is 246 g/mol. The largest absolute Gasteiger partial charge is 0.396 e. The van der Waals surface area contributed by atoms with E-state index in [2.05, 4.69) is 23.9 Å². The summed E-state index contributed by atoms with van der Waals surface area (Å²) in [5, 5.41) is 0. The third-order valence-electron chi connectivity index (χ3n) is 6.22.